The van der Waals surface area contributed by atoms with Crippen LogP contribution in [-0.2, 0) is 14.8 Å². The summed E-state index contributed by atoms with van der Waals surface area (Å²) in [6, 6.07) is 3.00. The van der Waals surface area contributed by atoms with Crippen molar-refractivity contribution in [1.82, 2.24) is 14.9 Å². The van der Waals surface area contributed by atoms with Gasteiger partial charge in [0.25, 0.3) is 6.43 Å². The number of hydrogen-bond donors (Lipinski definition) is 2. The third kappa shape index (κ3) is 5.21. The van der Waals surface area contributed by atoms with Gasteiger partial charge in [0.05, 0.1) is 18.1 Å². The number of carbonyl (C=O) groups excluding carboxylic acids is 1. The molecule has 1 aromatic carbocycles. The van der Waals surface area contributed by atoms with Crippen LogP contribution in [0.25, 0.3) is 0 Å². The average molecular weight is 463 g/mol. The molecule has 0 radical (unpaired) electrons. The number of benzene rings is 1. The van der Waals surface area contributed by atoms with Gasteiger partial charge in [-0.3, -0.25) is 10.1 Å². The van der Waals surface area contributed by atoms with Crippen molar-refractivity contribution >= 4 is 32.4 Å². The Kier molecular flexibility index (Phi) is 6.83. The number of carbonyl (C=O) groups is 1. The highest BCUT2D eigenvalue weighted by molar-refractivity contribution is 7.89. The molecular formula is C17H20F2N4O5S2. The summed E-state index contributed by atoms with van der Waals surface area (Å²) >= 11 is 0.518. The molecule has 0 spiro atoms. The zero-order chi connectivity index (χ0) is 21.9. The number of nitrogens with one attached hydrogen (secondary N) is 2. The van der Waals surface area contributed by atoms with E-state index in [9.17, 15) is 22.0 Å². The fraction of sp³-hybridized carbons (Fsp3) is 0.471. The molecule has 0 aliphatic carbocycles. The van der Waals surface area contributed by atoms with Crippen LogP contribution in [0, 0.1) is 5.92 Å². The van der Waals surface area contributed by atoms with Gasteiger partial charge < -0.3 is 9.47 Å². The van der Waals surface area contributed by atoms with Crippen molar-refractivity contribution in [1.29, 1.82) is 0 Å². The molecule has 0 bridgehead atoms. The molecule has 2 aromatic rings. The Labute approximate surface area is 175 Å². The number of rotatable bonds is 7. The molecule has 2 heterocycles. The maximum Gasteiger partial charge on any atom is 0.291 e. The predicted molar refractivity (Wildman–Crippen MR) is 104 cm³/mol. The van der Waals surface area contributed by atoms with Gasteiger partial charge in [0, 0.05) is 12.5 Å². The van der Waals surface area contributed by atoms with E-state index in [0.29, 0.717) is 42.5 Å². The second-order valence-electron chi connectivity index (χ2n) is 6.74. The molecule has 1 unspecified atom stereocenters. The molecule has 1 aromatic heterocycles. The highest BCUT2D eigenvalue weighted by atomic mass is 32.2. The van der Waals surface area contributed by atoms with E-state index < -0.39 is 39.3 Å². The largest absolute Gasteiger partial charge is 0.490 e. The average Bonchev–Trinajstić information content (AvgIpc) is 3.02. The summed E-state index contributed by atoms with van der Waals surface area (Å²) in [5.74, 6) is -0.437. The van der Waals surface area contributed by atoms with Gasteiger partial charge in [-0.15, -0.1) is 10.2 Å². The third-order valence-electron chi connectivity index (χ3n) is 4.12. The highest BCUT2D eigenvalue weighted by Crippen LogP contribution is 2.32. The minimum atomic E-state index is -4.09. The molecule has 9 nitrogen and oxygen atoms in total. The van der Waals surface area contributed by atoms with Crippen molar-refractivity contribution in [3.05, 3.63) is 23.2 Å². The van der Waals surface area contributed by atoms with E-state index in [1.807, 2.05) is 0 Å². The lowest BCUT2D eigenvalue weighted by atomic mass is 10.1. The van der Waals surface area contributed by atoms with E-state index in [2.05, 4.69) is 20.2 Å². The third-order valence-corrected chi connectivity index (χ3v) is 6.40. The maximum absolute atomic E-state index is 12.9. The summed E-state index contributed by atoms with van der Waals surface area (Å²) in [4.78, 5) is 12.5. The van der Waals surface area contributed by atoms with Gasteiger partial charge in [-0.2, -0.15) is 4.72 Å². The monoisotopic (exact) mass is 462 g/mol. The lowest BCUT2D eigenvalue weighted by molar-refractivity contribution is -0.118. The van der Waals surface area contributed by atoms with E-state index in [-0.39, 0.29) is 10.0 Å². The van der Waals surface area contributed by atoms with Crippen LogP contribution < -0.4 is 19.5 Å². The Morgan fingerprint density at radius 3 is 2.50 bits per heavy atom. The first kappa shape index (κ1) is 22.3. The lowest BCUT2D eigenvalue weighted by Gasteiger charge is -2.21. The summed E-state index contributed by atoms with van der Waals surface area (Å²) < 4.78 is 64.4. The van der Waals surface area contributed by atoms with Gasteiger partial charge in [0.15, 0.2) is 16.5 Å². The molecule has 1 atom stereocenters. The number of nitrogens with zero attached hydrogens (tertiary/aromatic N) is 2. The molecule has 1 aliphatic rings. The van der Waals surface area contributed by atoms with Gasteiger partial charge in [-0.25, -0.2) is 17.2 Å². The Hall–Kier alpha value is -2.38. The van der Waals surface area contributed by atoms with Crippen molar-refractivity contribution in [2.24, 2.45) is 5.92 Å². The molecular weight excluding hydrogens is 442 g/mol. The van der Waals surface area contributed by atoms with Crippen LogP contribution >= 0.6 is 11.3 Å². The first-order valence-electron chi connectivity index (χ1n) is 9.02. The molecule has 1 aliphatic heterocycles. The first-order chi connectivity index (χ1) is 14.2. The predicted octanol–water partition coefficient (Wildman–Crippen LogP) is 2.58. The number of anilines is 1. The van der Waals surface area contributed by atoms with E-state index >= 15 is 0 Å². The van der Waals surface area contributed by atoms with Crippen LogP contribution in [-0.4, -0.2) is 43.8 Å². The Balaban J connectivity index is 1.77. The number of alkyl halides is 2. The van der Waals surface area contributed by atoms with Crippen molar-refractivity contribution in [2.45, 2.75) is 37.6 Å². The summed E-state index contributed by atoms with van der Waals surface area (Å²) in [5, 5.41) is 8.41. The number of fused-ring (bicyclic) bond motifs is 1. The topological polar surface area (TPSA) is 120 Å². The minimum absolute atomic E-state index is 0.0962. The molecule has 0 saturated carbocycles. The zero-order valence-corrected chi connectivity index (χ0v) is 17.7. The lowest BCUT2D eigenvalue weighted by Crippen LogP contribution is -2.47. The summed E-state index contributed by atoms with van der Waals surface area (Å²) in [5.41, 5.74) is 0. The normalized spacial score (nSPS) is 15.1. The summed E-state index contributed by atoms with van der Waals surface area (Å²) in [6.07, 6.45) is -2.14. The van der Waals surface area contributed by atoms with E-state index in [4.69, 9.17) is 9.47 Å². The van der Waals surface area contributed by atoms with Gasteiger partial charge in [0.1, 0.15) is 6.04 Å². The second-order valence-corrected chi connectivity index (χ2v) is 9.46. The fourth-order valence-corrected chi connectivity index (χ4v) is 4.56. The van der Waals surface area contributed by atoms with Crippen molar-refractivity contribution in [3.8, 4) is 11.5 Å². The molecule has 0 fully saturated rings. The minimum Gasteiger partial charge on any atom is -0.490 e. The van der Waals surface area contributed by atoms with Crippen molar-refractivity contribution < 1.29 is 31.5 Å². The van der Waals surface area contributed by atoms with Gasteiger partial charge in [-0.1, -0.05) is 25.2 Å². The fourth-order valence-electron chi connectivity index (χ4n) is 2.59. The second kappa shape index (κ2) is 9.18. The van der Waals surface area contributed by atoms with Crippen LogP contribution in [0.3, 0.4) is 0 Å². The Morgan fingerprint density at radius 2 is 1.87 bits per heavy atom. The summed E-state index contributed by atoms with van der Waals surface area (Å²) in [7, 11) is -4.09. The smallest absolute Gasteiger partial charge is 0.291 e. The molecule has 3 rings (SSSR count). The van der Waals surface area contributed by atoms with Crippen LogP contribution in [0.15, 0.2) is 23.1 Å². The number of hydrogen-bond acceptors (Lipinski definition) is 8. The van der Waals surface area contributed by atoms with Gasteiger partial charge in [0.2, 0.25) is 21.1 Å². The molecule has 30 heavy (non-hydrogen) atoms. The van der Waals surface area contributed by atoms with Gasteiger partial charge in [-0.05, 0) is 18.1 Å². The Bertz CT molecular complexity index is 1010. The number of ether oxygens (including phenoxy) is 2. The van der Waals surface area contributed by atoms with Crippen LogP contribution in [0.4, 0.5) is 13.9 Å². The number of amides is 1. The van der Waals surface area contributed by atoms with E-state index in [0.717, 1.165) is 0 Å². The zero-order valence-electron chi connectivity index (χ0n) is 16.1. The number of aromatic nitrogens is 2. The molecule has 2 N–H and O–H groups in total. The van der Waals surface area contributed by atoms with Crippen molar-refractivity contribution in [3.63, 3.8) is 0 Å². The first-order valence-corrected chi connectivity index (χ1v) is 11.3. The number of halogens is 2. The highest BCUT2D eigenvalue weighted by Gasteiger charge is 2.30. The Morgan fingerprint density at radius 1 is 1.17 bits per heavy atom. The van der Waals surface area contributed by atoms with Crippen LogP contribution in [0.5, 0.6) is 11.5 Å². The SMILES string of the molecule is CC(C)C(NS(=O)(=O)c1ccc2c(c1)OCCCO2)C(=O)Nc1nnc(C(F)F)s1. The maximum atomic E-state index is 12.9. The molecule has 13 heteroatoms. The van der Waals surface area contributed by atoms with Crippen LogP contribution in [0.2, 0.25) is 0 Å². The van der Waals surface area contributed by atoms with E-state index in [1.165, 1.54) is 18.2 Å². The molecule has 164 valence electrons. The van der Waals surface area contributed by atoms with E-state index in [1.54, 1.807) is 13.8 Å². The quantitative estimate of drug-likeness (QED) is 0.649. The number of sulfonamides is 1. The van der Waals surface area contributed by atoms with Crippen LogP contribution in [0.1, 0.15) is 31.7 Å². The van der Waals surface area contributed by atoms with Gasteiger partial charge >= 0.3 is 0 Å². The molecule has 0 saturated heterocycles. The van der Waals surface area contributed by atoms with Crippen molar-refractivity contribution in [2.75, 3.05) is 18.5 Å². The standard InChI is InChI=1S/C17H20F2N4O5S2/c1-9(2)13(15(24)20-17-22-21-16(29-17)14(18)19)23-30(25,26)10-4-5-11-12(8-10)28-7-3-6-27-11/h4-5,8-9,13-14,23H,3,6-7H2,1-2H3,(H,20,22,24). The molecule has 1 amide bonds. The summed E-state index contributed by atoms with van der Waals surface area (Å²) in [6.45, 7) is 4.14.